The molecule has 22 heavy (non-hydrogen) atoms. The van der Waals surface area contributed by atoms with E-state index in [1.54, 1.807) is 10.8 Å². The molecule has 0 aromatic carbocycles. The normalized spacial score (nSPS) is 20.6. The van der Waals surface area contributed by atoms with Gasteiger partial charge in [-0.3, -0.25) is 4.90 Å². The highest BCUT2D eigenvalue weighted by atomic mass is 32.2. The van der Waals surface area contributed by atoms with Gasteiger partial charge < -0.3 is 4.90 Å². The molecule has 0 aliphatic carbocycles. The molecule has 9 heteroatoms. The number of piperazine rings is 1. The van der Waals surface area contributed by atoms with Crippen molar-refractivity contribution in [2.75, 3.05) is 43.1 Å². The molecular formula is C13H20N6O2S. The van der Waals surface area contributed by atoms with E-state index in [4.69, 9.17) is 0 Å². The quantitative estimate of drug-likeness (QED) is 0.762. The van der Waals surface area contributed by atoms with Crippen LogP contribution in [0.3, 0.4) is 0 Å². The van der Waals surface area contributed by atoms with E-state index in [1.807, 2.05) is 12.1 Å². The summed E-state index contributed by atoms with van der Waals surface area (Å²) in [5.41, 5.74) is 0.725. The van der Waals surface area contributed by atoms with E-state index in [-0.39, 0.29) is 11.8 Å². The van der Waals surface area contributed by atoms with Gasteiger partial charge in [0.1, 0.15) is 22.0 Å². The summed E-state index contributed by atoms with van der Waals surface area (Å²) in [6.45, 7) is 5.21. The first kappa shape index (κ1) is 15.2. The van der Waals surface area contributed by atoms with Crippen LogP contribution in [0, 0.1) is 0 Å². The van der Waals surface area contributed by atoms with E-state index in [0.717, 1.165) is 31.1 Å². The molecule has 3 rings (SSSR count). The molecule has 1 atom stereocenters. The van der Waals surface area contributed by atoms with Crippen LogP contribution in [0.2, 0.25) is 0 Å². The molecule has 120 valence electrons. The van der Waals surface area contributed by atoms with Crippen LogP contribution in [0.15, 0.2) is 18.5 Å². The van der Waals surface area contributed by atoms with Crippen LogP contribution in [0.4, 0.5) is 5.82 Å². The number of anilines is 1. The van der Waals surface area contributed by atoms with Crippen molar-refractivity contribution in [2.45, 2.75) is 13.0 Å². The molecule has 0 radical (unpaired) electrons. The topological polar surface area (TPSA) is 83.7 Å². The lowest BCUT2D eigenvalue weighted by atomic mass is 10.2. The molecule has 0 N–H and O–H groups in total. The zero-order valence-corrected chi connectivity index (χ0v) is 13.6. The fourth-order valence-electron chi connectivity index (χ4n) is 2.74. The Bertz CT molecular complexity index is 759. The maximum Gasteiger partial charge on any atom is 0.177 e. The Morgan fingerprint density at radius 3 is 2.86 bits per heavy atom. The highest BCUT2D eigenvalue weighted by Gasteiger charge is 2.25. The summed E-state index contributed by atoms with van der Waals surface area (Å²) in [6, 6.07) is 4.12. The molecule has 0 amide bonds. The first-order chi connectivity index (χ1) is 10.4. The largest absolute Gasteiger partial charge is 0.350 e. The summed E-state index contributed by atoms with van der Waals surface area (Å²) < 4.78 is 24.2. The minimum absolute atomic E-state index is 0.213. The molecule has 1 saturated heterocycles. The third-order valence-electron chi connectivity index (χ3n) is 3.93. The summed E-state index contributed by atoms with van der Waals surface area (Å²) >= 11 is 0. The minimum Gasteiger partial charge on any atom is -0.350 e. The van der Waals surface area contributed by atoms with E-state index in [9.17, 15) is 8.42 Å². The van der Waals surface area contributed by atoms with Gasteiger partial charge in [0.2, 0.25) is 0 Å². The second-order valence-electron chi connectivity index (χ2n) is 5.80. The number of nitrogens with zero attached hydrogens (tertiary/aromatic N) is 6. The predicted octanol–water partition coefficient (Wildman–Crippen LogP) is -0.321. The zero-order valence-electron chi connectivity index (χ0n) is 12.8. The molecule has 1 aliphatic heterocycles. The SMILES string of the molecule is C[C@@H]1CN(CCS(C)(=O)=O)CCN1c1ccc2nncn2n1. The lowest BCUT2D eigenvalue weighted by Crippen LogP contribution is -2.53. The lowest BCUT2D eigenvalue weighted by Gasteiger charge is -2.40. The molecule has 0 bridgehead atoms. The van der Waals surface area contributed by atoms with Crippen molar-refractivity contribution in [1.29, 1.82) is 0 Å². The zero-order chi connectivity index (χ0) is 15.7. The van der Waals surface area contributed by atoms with Crippen LogP contribution in [0.5, 0.6) is 0 Å². The van der Waals surface area contributed by atoms with Crippen LogP contribution in [0.25, 0.3) is 5.65 Å². The van der Waals surface area contributed by atoms with Gasteiger partial charge in [-0.05, 0) is 19.1 Å². The molecule has 1 aliphatic rings. The molecular weight excluding hydrogens is 304 g/mol. The van der Waals surface area contributed by atoms with E-state index in [0.29, 0.717) is 6.54 Å². The summed E-state index contributed by atoms with van der Waals surface area (Å²) in [5, 5.41) is 12.3. The average Bonchev–Trinajstić information content (AvgIpc) is 2.92. The summed E-state index contributed by atoms with van der Waals surface area (Å²) in [5.74, 6) is 1.10. The molecule has 2 aromatic heterocycles. The van der Waals surface area contributed by atoms with Gasteiger partial charge in [0.15, 0.2) is 5.65 Å². The maximum atomic E-state index is 11.3. The molecule has 3 heterocycles. The first-order valence-corrected chi connectivity index (χ1v) is 9.32. The lowest BCUT2D eigenvalue weighted by molar-refractivity contribution is 0.239. The fourth-order valence-corrected chi connectivity index (χ4v) is 3.33. The van der Waals surface area contributed by atoms with Crippen LogP contribution in [-0.4, -0.2) is 77.4 Å². The van der Waals surface area contributed by atoms with Crippen molar-refractivity contribution in [3.63, 3.8) is 0 Å². The van der Waals surface area contributed by atoms with Crippen molar-refractivity contribution in [3.05, 3.63) is 18.5 Å². The van der Waals surface area contributed by atoms with Crippen molar-refractivity contribution in [3.8, 4) is 0 Å². The van der Waals surface area contributed by atoms with Crippen LogP contribution >= 0.6 is 0 Å². The van der Waals surface area contributed by atoms with Crippen molar-refractivity contribution >= 4 is 21.3 Å². The van der Waals surface area contributed by atoms with Crippen LogP contribution < -0.4 is 4.90 Å². The van der Waals surface area contributed by atoms with Crippen molar-refractivity contribution in [1.82, 2.24) is 24.7 Å². The highest BCUT2D eigenvalue weighted by Crippen LogP contribution is 2.18. The third-order valence-corrected chi connectivity index (χ3v) is 4.86. The van der Waals surface area contributed by atoms with E-state index in [2.05, 4.69) is 32.0 Å². The molecule has 1 fully saturated rings. The van der Waals surface area contributed by atoms with Gasteiger partial charge in [-0.15, -0.1) is 15.3 Å². The maximum absolute atomic E-state index is 11.3. The summed E-state index contributed by atoms with van der Waals surface area (Å²) in [7, 11) is -2.91. The standard InChI is InChI=1S/C13H20N6O2S/c1-11-9-17(7-8-22(2,20)21)5-6-18(11)13-4-3-12-15-14-10-19(12)16-13/h3-4,10-11H,5-9H2,1-2H3/t11-/m1/s1. The van der Waals surface area contributed by atoms with Gasteiger partial charge in [-0.25, -0.2) is 8.42 Å². The van der Waals surface area contributed by atoms with E-state index in [1.165, 1.54) is 6.26 Å². The van der Waals surface area contributed by atoms with Gasteiger partial charge >= 0.3 is 0 Å². The van der Waals surface area contributed by atoms with Gasteiger partial charge in [-0.2, -0.15) is 4.52 Å². The number of aromatic nitrogens is 4. The Labute approximate surface area is 129 Å². The van der Waals surface area contributed by atoms with Gasteiger partial charge in [0.25, 0.3) is 0 Å². The molecule has 2 aromatic rings. The predicted molar refractivity (Wildman–Crippen MR) is 83.7 cm³/mol. The summed E-state index contributed by atoms with van der Waals surface area (Å²) in [6.07, 6.45) is 2.87. The first-order valence-electron chi connectivity index (χ1n) is 7.26. The van der Waals surface area contributed by atoms with Gasteiger partial charge in [0, 0.05) is 38.5 Å². The van der Waals surface area contributed by atoms with Gasteiger partial charge in [-0.1, -0.05) is 0 Å². The number of hydrogen-bond donors (Lipinski definition) is 0. The minimum atomic E-state index is -2.91. The van der Waals surface area contributed by atoms with E-state index >= 15 is 0 Å². The van der Waals surface area contributed by atoms with Crippen molar-refractivity contribution < 1.29 is 8.42 Å². The van der Waals surface area contributed by atoms with Gasteiger partial charge in [0.05, 0.1) is 5.75 Å². The van der Waals surface area contributed by atoms with Crippen LogP contribution in [-0.2, 0) is 9.84 Å². The molecule has 0 saturated carbocycles. The summed E-state index contributed by atoms with van der Waals surface area (Å²) in [4.78, 5) is 4.43. The molecule has 0 unspecified atom stereocenters. The number of fused-ring (bicyclic) bond motifs is 1. The Morgan fingerprint density at radius 2 is 2.14 bits per heavy atom. The smallest absolute Gasteiger partial charge is 0.177 e. The van der Waals surface area contributed by atoms with E-state index < -0.39 is 9.84 Å². The second kappa shape index (κ2) is 5.81. The Balaban J connectivity index is 1.67. The fraction of sp³-hybridized carbons (Fsp3) is 0.615. The highest BCUT2D eigenvalue weighted by molar-refractivity contribution is 7.90. The number of rotatable bonds is 4. The van der Waals surface area contributed by atoms with Crippen molar-refractivity contribution in [2.24, 2.45) is 0 Å². The Kier molecular flexibility index (Phi) is 4.00. The number of sulfone groups is 1. The number of hydrogen-bond acceptors (Lipinski definition) is 7. The Morgan fingerprint density at radius 1 is 1.32 bits per heavy atom. The monoisotopic (exact) mass is 324 g/mol. The third kappa shape index (κ3) is 3.36. The average molecular weight is 324 g/mol. The van der Waals surface area contributed by atoms with Crippen LogP contribution in [0.1, 0.15) is 6.92 Å². The second-order valence-corrected chi connectivity index (χ2v) is 8.06. The Hall–Kier alpha value is -1.74. The molecule has 0 spiro atoms. The molecule has 8 nitrogen and oxygen atoms in total.